The highest BCUT2D eigenvalue weighted by atomic mass is 16.4. The molecule has 0 bridgehead atoms. The molecule has 15 heavy (non-hydrogen) atoms. The fraction of sp³-hybridized carbons (Fsp3) is 0.222. The molecule has 6 nitrogen and oxygen atoms in total. The molecule has 0 fully saturated rings. The number of nitroso groups, excluding NO2 is 2. The lowest BCUT2D eigenvalue weighted by Gasteiger charge is -2.00. The zero-order valence-electron chi connectivity index (χ0n) is 7.71. The van der Waals surface area contributed by atoms with E-state index in [1.54, 1.807) is 6.07 Å². The van der Waals surface area contributed by atoms with Crippen molar-refractivity contribution in [2.24, 2.45) is 10.4 Å². The first-order valence-corrected chi connectivity index (χ1v) is 4.19. The molecule has 0 saturated carbocycles. The summed E-state index contributed by atoms with van der Waals surface area (Å²) in [6.45, 7) is 0. The molecule has 0 amide bonds. The van der Waals surface area contributed by atoms with Gasteiger partial charge in [-0.2, -0.15) is 0 Å². The quantitative estimate of drug-likeness (QED) is 0.751. The SMILES string of the molecule is O=Nc1ccc(CCC(=O)O)cc1N=O. The summed E-state index contributed by atoms with van der Waals surface area (Å²) in [4.78, 5) is 30.8. The topological polar surface area (TPSA) is 96.2 Å². The summed E-state index contributed by atoms with van der Waals surface area (Å²) in [5.74, 6) is -0.923. The number of aliphatic carboxylic acids is 1. The van der Waals surface area contributed by atoms with E-state index in [-0.39, 0.29) is 24.2 Å². The van der Waals surface area contributed by atoms with Crippen LogP contribution in [-0.4, -0.2) is 11.1 Å². The predicted molar refractivity (Wildman–Crippen MR) is 53.3 cm³/mol. The molecule has 1 N–H and O–H groups in total. The van der Waals surface area contributed by atoms with E-state index in [4.69, 9.17) is 5.11 Å². The first-order valence-electron chi connectivity index (χ1n) is 4.19. The monoisotopic (exact) mass is 208 g/mol. The number of aryl methyl sites for hydroxylation is 1. The second-order valence-corrected chi connectivity index (χ2v) is 2.90. The standard InChI is InChI=1S/C9H8N2O4/c12-9(13)4-2-6-1-3-7(10-14)8(5-6)11-15/h1,3,5H,2,4H2,(H,12,13). The van der Waals surface area contributed by atoms with Crippen molar-refractivity contribution >= 4 is 17.3 Å². The van der Waals surface area contributed by atoms with Crippen LogP contribution in [0.4, 0.5) is 11.4 Å². The van der Waals surface area contributed by atoms with E-state index in [9.17, 15) is 14.6 Å². The fourth-order valence-electron chi connectivity index (χ4n) is 1.13. The van der Waals surface area contributed by atoms with Gasteiger partial charge in [-0.1, -0.05) is 6.07 Å². The Bertz CT molecular complexity index is 403. The molecule has 0 aromatic heterocycles. The van der Waals surface area contributed by atoms with E-state index >= 15 is 0 Å². The average Bonchev–Trinajstić information content (AvgIpc) is 2.25. The average molecular weight is 208 g/mol. The molecule has 78 valence electrons. The van der Waals surface area contributed by atoms with Gasteiger partial charge in [0.25, 0.3) is 0 Å². The van der Waals surface area contributed by atoms with Crippen LogP contribution in [-0.2, 0) is 11.2 Å². The van der Waals surface area contributed by atoms with E-state index < -0.39 is 5.97 Å². The Morgan fingerprint density at radius 2 is 1.87 bits per heavy atom. The first kappa shape index (κ1) is 11.0. The van der Waals surface area contributed by atoms with Crippen LogP contribution in [0.15, 0.2) is 28.6 Å². The normalized spacial score (nSPS) is 9.60. The molecule has 1 aromatic carbocycles. The molecule has 0 unspecified atom stereocenters. The largest absolute Gasteiger partial charge is 0.481 e. The first-order chi connectivity index (χ1) is 7.17. The number of nitrogens with zero attached hydrogens (tertiary/aromatic N) is 2. The molecule has 0 aliphatic rings. The highest BCUT2D eigenvalue weighted by Crippen LogP contribution is 2.28. The molecule has 1 rings (SSSR count). The number of carbonyl (C=O) groups is 1. The van der Waals surface area contributed by atoms with Gasteiger partial charge in [0.15, 0.2) is 0 Å². The molecule has 0 aliphatic carbocycles. The van der Waals surface area contributed by atoms with Crippen molar-refractivity contribution in [3.8, 4) is 0 Å². The van der Waals surface area contributed by atoms with Crippen LogP contribution in [0.5, 0.6) is 0 Å². The third-order valence-electron chi connectivity index (χ3n) is 1.86. The van der Waals surface area contributed by atoms with Crippen molar-refractivity contribution in [2.75, 3.05) is 0 Å². The van der Waals surface area contributed by atoms with Crippen LogP contribution in [0.1, 0.15) is 12.0 Å². The molecule has 0 aliphatic heterocycles. The van der Waals surface area contributed by atoms with Crippen molar-refractivity contribution < 1.29 is 9.90 Å². The zero-order chi connectivity index (χ0) is 11.3. The van der Waals surface area contributed by atoms with E-state index in [2.05, 4.69) is 10.4 Å². The van der Waals surface area contributed by atoms with Gasteiger partial charge in [-0.15, -0.1) is 9.81 Å². The van der Waals surface area contributed by atoms with Gasteiger partial charge in [0.05, 0.1) is 0 Å². The van der Waals surface area contributed by atoms with Crippen LogP contribution >= 0.6 is 0 Å². The summed E-state index contributed by atoms with van der Waals surface area (Å²) in [6.07, 6.45) is 0.253. The molecule has 0 heterocycles. The number of carboxylic acids is 1. The molecule has 1 aromatic rings. The fourth-order valence-corrected chi connectivity index (χ4v) is 1.13. The van der Waals surface area contributed by atoms with Gasteiger partial charge in [-0.3, -0.25) is 4.79 Å². The third-order valence-corrected chi connectivity index (χ3v) is 1.86. The minimum Gasteiger partial charge on any atom is -0.481 e. The predicted octanol–water partition coefficient (Wildman–Crippen LogP) is 2.50. The Morgan fingerprint density at radius 3 is 2.40 bits per heavy atom. The van der Waals surface area contributed by atoms with E-state index in [1.165, 1.54) is 12.1 Å². The number of hydrogen-bond donors (Lipinski definition) is 1. The summed E-state index contributed by atoms with van der Waals surface area (Å²) in [6, 6.07) is 4.27. The van der Waals surface area contributed by atoms with E-state index in [0.717, 1.165) is 0 Å². The van der Waals surface area contributed by atoms with E-state index in [1.807, 2.05) is 0 Å². The van der Waals surface area contributed by atoms with Gasteiger partial charge in [0.1, 0.15) is 11.4 Å². The molecule has 0 spiro atoms. The molecule has 0 saturated heterocycles. The Hall–Kier alpha value is -2.11. The maximum Gasteiger partial charge on any atom is 0.303 e. The minimum atomic E-state index is -0.923. The highest BCUT2D eigenvalue weighted by molar-refractivity contribution is 5.68. The summed E-state index contributed by atoms with van der Waals surface area (Å²) >= 11 is 0. The number of hydrogen-bond acceptors (Lipinski definition) is 5. The summed E-state index contributed by atoms with van der Waals surface area (Å²) in [5.41, 5.74) is 0.538. The maximum absolute atomic E-state index is 10.3. The van der Waals surface area contributed by atoms with Crippen LogP contribution in [0.2, 0.25) is 0 Å². The molecule has 6 heteroatoms. The lowest BCUT2D eigenvalue weighted by atomic mass is 10.1. The second kappa shape index (κ2) is 4.94. The Balaban J connectivity index is 2.88. The number of rotatable bonds is 5. The second-order valence-electron chi connectivity index (χ2n) is 2.90. The lowest BCUT2D eigenvalue weighted by molar-refractivity contribution is -0.136. The smallest absolute Gasteiger partial charge is 0.303 e. The van der Waals surface area contributed by atoms with Crippen LogP contribution < -0.4 is 0 Å². The van der Waals surface area contributed by atoms with Gasteiger partial charge >= 0.3 is 5.97 Å². The van der Waals surface area contributed by atoms with Gasteiger partial charge < -0.3 is 5.11 Å². The van der Waals surface area contributed by atoms with Crippen molar-refractivity contribution in [2.45, 2.75) is 12.8 Å². The number of carboxylic acid groups (broad SMARTS) is 1. The van der Waals surface area contributed by atoms with Crippen molar-refractivity contribution in [3.63, 3.8) is 0 Å². The lowest BCUT2D eigenvalue weighted by Crippen LogP contribution is -1.97. The van der Waals surface area contributed by atoms with Gasteiger partial charge in [0.2, 0.25) is 0 Å². The van der Waals surface area contributed by atoms with Crippen molar-refractivity contribution in [1.82, 2.24) is 0 Å². The molecule has 0 radical (unpaired) electrons. The van der Waals surface area contributed by atoms with Crippen molar-refractivity contribution in [3.05, 3.63) is 33.6 Å². The van der Waals surface area contributed by atoms with Crippen molar-refractivity contribution in [1.29, 1.82) is 0 Å². The Kier molecular flexibility index (Phi) is 3.61. The molecular formula is C9H8N2O4. The van der Waals surface area contributed by atoms with Crippen LogP contribution in [0.3, 0.4) is 0 Å². The summed E-state index contributed by atoms with van der Waals surface area (Å²) in [5, 5.41) is 13.7. The molecular weight excluding hydrogens is 200 g/mol. The van der Waals surface area contributed by atoms with Gasteiger partial charge in [-0.25, -0.2) is 0 Å². The van der Waals surface area contributed by atoms with Crippen LogP contribution in [0.25, 0.3) is 0 Å². The summed E-state index contributed by atoms with van der Waals surface area (Å²) in [7, 11) is 0. The molecule has 0 atom stereocenters. The van der Waals surface area contributed by atoms with Gasteiger partial charge in [0, 0.05) is 6.42 Å². The Morgan fingerprint density at radius 1 is 1.20 bits per heavy atom. The number of benzene rings is 1. The maximum atomic E-state index is 10.3. The zero-order valence-corrected chi connectivity index (χ0v) is 7.71. The van der Waals surface area contributed by atoms with Gasteiger partial charge in [-0.05, 0) is 34.5 Å². The minimum absolute atomic E-state index is 0.0356. The Labute approximate surface area is 84.9 Å². The van der Waals surface area contributed by atoms with E-state index in [0.29, 0.717) is 5.56 Å². The third kappa shape index (κ3) is 2.94. The highest BCUT2D eigenvalue weighted by Gasteiger charge is 2.06. The van der Waals surface area contributed by atoms with Crippen LogP contribution in [0, 0.1) is 9.81 Å². The summed E-state index contributed by atoms with van der Waals surface area (Å²) < 4.78 is 0.